The van der Waals surface area contributed by atoms with Crippen molar-refractivity contribution in [2.45, 2.75) is 96.5 Å². The largest absolute Gasteiger partial charge is 0.462 e. The molecule has 2 aliphatic carbocycles. The molecule has 0 amide bonds. The highest BCUT2D eigenvalue weighted by atomic mass is 16.5. The van der Waals surface area contributed by atoms with Gasteiger partial charge in [0.15, 0.2) is 0 Å². The van der Waals surface area contributed by atoms with Crippen LogP contribution in [0, 0.1) is 29.1 Å². The standard InChI is InChI=1S/C22H35NO2/c1-2-3-7-18-9-13-20(14-10-18)22(24)25-21-15-11-19(12-16-21)8-5-4-6-17-23/h4,6,18-21H,2-3,5,7-16H2,1H3/t18-,19-,20-,21-. The number of hydrogen-bond acceptors (Lipinski definition) is 3. The van der Waals surface area contributed by atoms with Gasteiger partial charge in [0, 0.05) is 6.08 Å². The van der Waals surface area contributed by atoms with Crippen LogP contribution in [-0.2, 0) is 9.53 Å². The molecule has 0 N–H and O–H groups in total. The van der Waals surface area contributed by atoms with Crippen molar-refractivity contribution in [3.05, 3.63) is 12.2 Å². The van der Waals surface area contributed by atoms with E-state index < -0.39 is 0 Å². The van der Waals surface area contributed by atoms with Crippen molar-refractivity contribution in [3.8, 4) is 6.07 Å². The highest BCUT2D eigenvalue weighted by Gasteiger charge is 2.30. The zero-order valence-electron chi connectivity index (χ0n) is 15.9. The molecule has 0 unspecified atom stereocenters. The average molecular weight is 346 g/mol. The number of ether oxygens (including phenoxy) is 1. The molecule has 0 heterocycles. The molecule has 0 aromatic carbocycles. The molecule has 0 aromatic heterocycles. The van der Waals surface area contributed by atoms with Crippen molar-refractivity contribution in [1.29, 1.82) is 5.26 Å². The third-order valence-electron chi connectivity index (χ3n) is 6.16. The van der Waals surface area contributed by atoms with E-state index in [1.807, 2.05) is 12.1 Å². The van der Waals surface area contributed by atoms with Gasteiger partial charge in [-0.1, -0.05) is 32.3 Å². The fraction of sp³-hybridized carbons (Fsp3) is 0.818. The molecule has 2 fully saturated rings. The van der Waals surface area contributed by atoms with Gasteiger partial charge < -0.3 is 4.74 Å². The van der Waals surface area contributed by atoms with Gasteiger partial charge in [-0.25, -0.2) is 0 Å². The van der Waals surface area contributed by atoms with Gasteiger partial charge in [-0.2, -0.15) is 5.26 Å². The Labute approximate surface area is 153 Å². The van der Waals surface area contributed by atoms with E-state index in [9.17, 15) is 4.79 Å². The maximum atomic E-state index is 12.5. The minimum Gasteiger partial charge on any atom is -0.462 e. The van der Waals surface area contributed by atoms with Crippen molar-refractivity contribution >= 4 is 5.97 Å². The smallest absolute Gasteiger partial charge is 0.309 e. The first kappa shape index (κ1) is 20.0. The summed E-state index contributed by atoms with van der Waals surface area (Å²) in [6, 6.07) is 2.04. The van der Waals surface area contributed by atoms with E-state index in [-0.39, 0.29) is 18.0 Å². The summed E-state index contributed by atoms with van der Waals surface area (Å²) in [4.78, 5) is 12.5. The van der Waals surface area contributed by atoms with Gasteiger partial charge in [0.2, 0.25) is 0 Å². The minimum absolute atomic E-state index is 0.0781. The SMILES string of the molecule is CCCC[C@H]1CC[C@H](C(=O)O[C@H]2CC[C@H](CCC=CC#N)CC2)CC1. The number of hydrogen-bond donors (Lipinski definition) is 0. The Bertz CT molecular complexity index is 449. The molecule has 25 heavy (non-hydrogen) atoms. The van der Waals surface area contributed by atoms with Gasteiger partial charge in [-0.05, 0) is 76.0 Å². The summed E-state index contributed by atoms with van der Waals surface area (Å²) in [6.45, 7) is 2.25. The number of nitriles is 1. The number of unbranched alkanes of at least 4 members (excludes halogenated alkanes) is 1. The van der Waals surface area contributed by atoms with Crippen LogP contribution in [0.25, 0.3) is 0 Å². The molecular formula is C22H35NO2. The molecule has 0 aromatic rings. The number of carbonyl (C=O) groups excluding carboxylic acids is 1. The van der Waals surface area contributed by atoms with E-state index in [1.165, 1.54) is 32.1 Å². The van der Waals surface area contributed by atoms with Gasteiger partial charge >= 0.3 is 5.97 Å². The summed E-state index contributed by atoms with van der Waals surface area (Å²) in [5.41, 5.74) is 0. The van der Waals surface area contributed by atoms with Gasteiger partial charge in [0.05, 0.1) is 12.0 Å². The van der Waals surface area contributed by atoms with Gasteiger partial charge in [-0.15, -0.1) is 0 Å². The quantitative estimate of drug-likeness (QED) is 0.404. The van der Waals surface area contributed by atoms with Crippen LogP contribution in [0.2, 0.25) is 0 Å². The lowest BCUT2D eigenvalue weighted by molar-refractivity contribution is -0.157. The Morgan fingerprint density at radius 2 is 1.68 bits per heavy atom. The first-order valence-corrected chi connectivity index (χ1v) is 10.5. The van der Waals surface area contributed by atoms with Crippen LogP contribution in [0.15, 0.2) is 12.2 Å². The third-order valence-corrected chi connectivity index (χ3v) is 6.16. The first-order valence-electron chi connectivity index (χ1n) is 10.5. The molecule has 140 valence electrons. The van der Waals surface area contributed by atoms with E-state index in [0.717, 1.165) is 63.2 Å². The third kappa shape index (κ3) is 7.22. The predicted octanol–water partition coefficient (Wildman–Crippen LogP) is 5.94. The Kier molecular flexibility index (Phi) is 9.08. The lowest BCUT2D eigenvalue weighted by Gasteiger charge is -2.31. The minimum atomic E-state index is 0.0781. The predicted molar refractivity (Wildman–Crippen MR) is 101 cm³/mol. The van der Waals surface area contributed by atoms with Crippen LogP contribution < -0.4 is 0 Å². The monoisotopic (exact) mass is 345 g/mol. The lowest BCUT2D eigenvalue weighted by atomic mass is 9.79. The second-order valence-electron chi connectivity index (χ2n) is 8.05. The summed E-state index contributed by atoms with van der Waals surface area (Å²) in [6.07, 6.45) is 18.6. The van der Waals surface area contributed by atoms with Crippen LogP contribution in [0.5, 0.6) is 0 Å². The number of allylic oxidation sites excluding steroid dienone is 2. The van der Waals surface area contributed by atoms with Crippen LogP contribution in [0.1, 0.15) is 90.4 Å². The normalized spacial score (nSPS) is 30.1. The number of nitrogens with zero attached hydrogens (tertiary/aromatic N) is 1. The molecule has 0 saturated heterocycles. The molecule has 2 aliphatic rings. The molecule has 0 bridgehead atoms. The zero-order valence-corrected chi connectivity index (χ0v) is 15.9. The molecule has 3 heteroatoms. The van der Waals surface area contributed by atoms with Crippen molar-refractivity contribution in [3.63, 3.8) is 0 Å². The summed E-state index contributed by atoms with van der Waals surface area (Å²) in [5, 5.41) is 8.50. The second kappa shape index (κ2) is 11.3. The highest BCUT2D eigenvalue weighted by molar-refractivity contribution is 5.72. The molecule has 0 atom stereocenters. The number of rotatable bonds is 8. The fourth-order valence-corrected chi connectivity index (χ4v) is 4.45. The summed E-state index contributed by atoms with van der Waals surface area (Å²) in [7, 11) is 0. The Balaban J connectivity index is 1.61. The van der Waals surface area contributed by atoms with E-state index in [2.05, 4.69) is 6.92 Å². The lowest BCUT2D eigenvalue weighted by Crippen LogP contribution is -2.30. The number of carbonyl (C=O) groups is 1. The van der Waals surface area contributed by atoms with Gasteiger partial charge in [0.1, 0.15) is 6.10 Å². The maximum absolute atomic E-state index is 12.5. The van der Waals surface area contributed by atoms with Gasteiger partial charge in [0.25, 0.3) is 0 Å². The van der Waals surface area contributed by atoms with E-state index in [4.69, 9.17) is 10.00 Å². The first-order chi connectivity index (χ1) is 12.2. The van der Waals surface area contributed by atoms with E-state index >= 15 is 0 Å². The molecule has 2 saturated carbocycles. The summed E-state index contributed by atoms with van der Waals surface area (Å²) >= 11 is 0. The summed E-state index contributed by atoms with van der Waals surface area (Å²) in [5.74, 6) is 1.81. The Morgan fingerprint density at radius 1 is 1.04 bits per heavy atom. The molecule has 0 aliphatic heterocycles. The molecule has 3 nitrogen and oxygen atoms in total. The number of esters is 1. The topological polar surface area (TPSA) is 50.1 Å². The van der Waals surface area contributed by atoms with E-state index in [1.54, 1.807) is 6.08 Å². The average Bonchev–Trinajstić information content (AvgIpc) is 2.65. The van der Waals surface area contributed by atoms with Crippen molar-refractivity contribution in [1.82, 2.24) is 0 Å². The Hall–Kier alpha value is -1.30. The van der Waals surface area contributed by atoms with Gasteiger partial charge in [-0.3, -0.25) is 4.79 Å². The fourth-order valence-electron chi connectivity index (χ4n) is 4.45. The van der Waals surface area contributed by atoms with Crippen LogP contribution >= 0.6 is 0 Å². The molecule has 0 spiro atoms. The molecule has 0 radical (unpaired) electrons. The van der Waals surface area contributed by atoms with Crippen molar-refractivity contribution < 1.29 is 9.53 Å². The van der Waals surface area contributed by atoms with Crippen LogP contribution in [0.4, 0.5) is 0 Å². The van der Waals surface area contributed by atoms with Crippen molar-refractivity contribution in [2.75, 3.05) is 0 Å². The van der Waals surface area contributed by atoms with Crippen molar-refractivity contribution in [2.24, 2.45) is 17.8 Å². The van der Waals surface area contributed by atoms with Crippen LogP contribution in [0.3, 0.4) is 0 Å². The zero-order chi connectivity index (χ0) is 17.9. The second-order valence-corrected chi connectivity index (χ2v) is 8.05. The van der Waals surface area contributed by atoms with Crippen LogP contribution in [-0.4, -0.2) is 12.1 Å². The van der Waals surface area contributed by atoms with E-state index in [0.29, 0.717) is 0 Å². The summed E-state index contributed by atoms with van der Waals surface area (Å²) < 4.78 is 5.84. The highest BCUT2D eigenvalue weighted by Crippen LogP contribution is 2.34. The molecular weight excluding hydrogens is 310 g/mol. The molecule has 2 rings (SSSR count). The maximum Gasteiger partial charge on any atom is 0.309 e. The Morgan fingerprint density at radius 3 is 2.32 bits per heavy atom.